The Morgan fingerprint density at radius 2 is 1.33 bits per heavy atom. The molecule has 0 spiro atoms. The van der Waals surface area contributed by atoms with Crippen LogP contribution in [0.4, 0.5) is 61.5 Å². The van der Waals surface area contributed by atoms with Crippen LogP contribution < -0.4 is 0 Å². The number of esters is 1. The summed E-state index contributed by atoms with van der Waals surface area (Å²) in [6.45, 7) is -0.283. The highest BCUT2D eigenvalue weighted by molar-refractivity contribution is 5.78. The van der Waals surface area contributed by atoms with Crippen LogP contribution in [-0.4, -0.2) is 58.7 Å². The number of aliphatic hydroxyl groups is 1. The fourth-order valence-electron chi connectivity index (χ4n) is 2.85. The summed E-state index contributed by atoms with van der Waals surface area (Å²) in [7, 11) is 0. The summed E-state index contributed by atoms with van der Waals surface area (Å²) >= 11 is 0. The van der Waals surface area contributed by atoms with E-state index in [9.17, 15) is 71.4 Å². The normalized spacial score (nSPS) is 33.4. The van der Waals surface area contributed by atoms with Crippen LogP contribution in [-0.2, 0) is 14.3 Å². The third-order valence-corrected chi connectivity index (χ3v) is 5.38. The molecule has 1 heterocycles. The summed E-state index contributed by atoms with van der Waals surface area (Å²) in [6, 6.07) is 0. The molecule has 1 N–H and O–H groups in total. The molecule has 1 rings (SSSR count). The highest BCUT2D eigenvalue weighted by Gasteiger charge is 2.92. The Balaban J connectivity index is 4.04. The van der Waals surface area contributed by atoms with Crippen LogP contribution >= 0.6 is 0 Å². The van der Waals surface area contributed by atoms with Gasteiger partial charge in [0.15, 0.2) is 11.0 Å². The average molecular weight is 524 g/mol. The van der Waals surface area contributed by atoms with Crippen molar-refractivity contribution in [3.63, 3.8) is 0 Å². The summed E-state index contributed by atoms with van der Waals surface area (Å²) in [4.78, 5) is 12.0. The average Bonchev–Trinajstić information content (AvgIpc) is 2.54. The number of alkyl halides is 14. The molecule has 18 heteroatoms. The number of ether oxygens (including phenoxy) is 2. The van der Waals surface area contributed by atoms with Gasteiger partial charge >= 0.3 is 42.4 Å². The first-order valence-corrected chi connectivity index (χ1v) is 8.41. The molecular formula is C15H14F14O4. The Kier molecular flexibility index (Phi) is 6.65. The lowest BCUT2D eigenvalue weighted by Gasteiger charge is -2.56. The summed E-state index contributed by atoms with van der Waals surface area (Å²) in [5.74, 6) is -16.9. The van der Waals surface area contributed by atoms with Gasteiger partial charge in [0, 0.05) is 6.42 Å². The van der Waals surface area contributed by atoms with E-state index in [0.29, 0.717) is 6.92 Å². The Hall–Kier alpha value is -1.59. The van der Waals surface area contributed by atoms with Gasteiger partial charge in [-0.1, -0.05) is 6.92 Å². The lowest BCUT2D eigenvalue weighted by molar-refractivity contribution is -0.534. The Morgan fingerprint density at radius 3 is 1.61 bits per heavy atom. The van der Waals surface area contributed by atoms with Gasteiger partial charge in [0.25, 0.3) is 5.60 Å². The summed E-state index contributed by atoms with van der Waals surface area (Å²) in [5, 5.41) is 9.36. The maximum atomic E-state index is 14.7. The minimum absolute atomic E-state index is 0.171. The van der Waals surface area contributed by atoms with Crippen LogP contribution in [0.3, 0.4) is 0 Å². The maximum absolute atomic E-state index is 14.7. The van der Waals surface area contributed by atoms with Crippen molar-refractivity contribution < 1.29 is 80.8 Å². The topological polar surface area (TPSA) is 55.8 Å². The van der Waals surface area contributed by atoms with Crippen LogP contribution in [0.2, 0.25) is 0 Å². The van der Waals surface area contributed by atoms with E-state index in [4.69, 9.17) is 0 Å². The van der Waals surface area contributed by atoms with Gasteiger partial charge in [-0.05, 0) is 20.3 Å². The highest BCUT2D eigenvalue weighted by Crippen LogP contribution is 2.64. The molecule has 1 aliphatic heterocycles. The zero-order chi connectivity index (χ0) is 26.9. The molecule has 0 aromatic rings. The van der Waals surface area contributed by atoms with Crippen molar-refractivity contribution in [3.8, 4) is 0 Å². The van der Waals surface area contributed by atoms with Gasteiger partial charge in [-0.15, -0.1) is 0 Å². The van der Waals surface area contributed by atoms with Crippen LogP contribution in [0, 0.1) is 5.41 Å². The van der Waals surface area contributed by atoms with E-state index in [2.05, 4.69) is 9.47 Å². The maximum Gasteiger partial charge on any atom is 0.449 e. The second-order valence-corrected chi connectivity index (χ2v) is 7.62. The van der Waals surface area contributed by atoms with Gasteiger partial charge in [-0.25, -0.2) is 0 Å². The van der Waals surface area contributed by atoms with Crippen LogP contribution in [0.1, 0.15) is 33.6 Å². The number of halogens is 14. The predicted octanol–water partition coefficient (Wildman–Crippen LogP) is 5.44. The first kappa shape index (κ1) is 29.4. The van der Waals surface area contributed by atoms with Gasteiger partial charge in [0.1, 0.15) is 0 Å². The van der Waals surface area contributed by atoms with Crippen molar-refractivity contribution >= 4 is 5.97 Å². The molecule has 0 radical (unpaired) electrons. The van der Waals surface area contributed by atoms with Gasteiger partial charge in [0.2, 0.25) is 0 Å². The Morgan fingerprint density at radius 1 is 0.909 bits per heavy atom. The zero-order valence-electron chi connectivity index (χ0n) is 16.4. The highest BCUT2D eigenvalue weighted by atomic mass is 19.4. The van der Waals surface area contributed by atoms with Crippen molar-refractivity contribution in [3.05, 3.63) is 0 Å². The fraction of sp³-hybridized carbons (Fsp3) is 0.933. The third kappa shape index (κ3) is 3.99. The lowest BCUT2D eigenvalue weighted by Crippen LogP contribution is -2.82. The summed E-state index contributed by atoms with van der Waals surface area (Å²) < 4.78 is 196. The van der Waals surface area contributed by atoms with E-state index in [1.807, 2.05) is 0 Å². The van der Waals surface area contributed by atoms with Gasteiger partial charge < -0.3 is 14.6 Å². The molecule has 1 aliphatic rings. The molecule has 0 aliphatic carbocycles. The molecule has 1 fully saturated rings. The van der Waals surface area contributed by atoms with Crippen molar-refractivity contribution in [1.82, 2.24) is 0 Å². The summed E-state index contributed by atoms with van der Waals surface area (Å²) in [5.41, 5.74) is -15.3. The van der Waals surface area contributed by atoms with Crippen LogP contribution in [0.5, 0.6) is 0 Å². The SMILES string of the molecule is CCC(C)(C(=O)OC1(C(F)(F)F)CC(C)(C(F)(F)F)OC(O)(C(F)(F)F)C1(F)F)C(F)(F)F. The number of hydrogen-bond acceptors (Lipinski definition) is 4. The van der Waals surface area contributed by atoms with Crippen molar-refractivity contribution in [2.45, 2.75) is 81.2 Å². The molecule has 0 aromatic carbocycles. The Labute approximate surface area is 174 Å². The quantitative estimate of drug-likeness (QED) is 0.395. The van der Waals surface area contributed by atoms with E-state index in [1.54, 1.807) is 0 Å². The van der Waals surface area contributed by atoms with E-state index < -0.39 is 78.8 Å². The minimum atomic E-state index is -7.09. The molecule has 0 saturated carbocycles. The Bertz CT molecular complexity index is 769. The number of rotatable bonds is 3. The molecule has 0 aromatic heterocycles. The van der Waals surface area contributed by atoms with Crippen molar-refractivity contribution in [2.75, 3.05) is 0 Å². The van der Waals surface area contributed by atoms with Gasteiger partial charge in [-0.3, -0.25) is 4.79 Å². The summed E-state index contributed by atoms with van der Waals surface area (Å²) in [6.07, 6.45) is -31.2. The smallest absolute Gasteiger partial charge is 0.442 e. The van der Waals surface area contributed by atoms with Crippen molar-refractivity contribution in [2.24, 2.45) is 5.41 Å². The molecule has 4 atom stereocenters. The van der Waals surface area contributed by atoms with Crippen LogP contribution in [0.25, 0.3) is 0 Å². The van der Waals surface area contributed by atoms with Gasteiger partial charge in [-0.2, -0.15) is 61.5 Å². The van der Waals surface area contributed by atoms with E-state index in [1.165, 1.54) is 0 Å². The molecule has 196 valence electrons. The number of carbonyl (C=O) groups excluding carboxylic acids is 1. The number of hydrogen-bond donors (Lipinski definition) is 1. The van der Waals surface area contributed by atoms with E-state index in [0.717, 1.165) is 0 Å². The molecule has 0 bridgehead atoms. The second-order valence-electron chi connectivity index (χ2n) is 7.62. The minimum Gasteiger partial charge on any atom is -0.442 e. The molecule has 4 unspecified atom stereocenters. The van der Waals surface area contributed by atoms with E-state index in [-0.39, 0.29) is 6.92 Å². The first-order valence-electron chi connectivity index (χ1n) is 8.41. The molecule has 33 heavy (non-hydrogen) atoms. The molecule has 1 saturated heterocycles. The number of carbonyl (C=O) groups is 1. The van der Waals surface area contributed by atoms with E-state index >= 15 is 0 Å². The molecule has 4 nitrogen and oxygen atoms in total. The van der Waals surface area contributed by atoms with Crippen LogP contribution in [0.15, 0.2) is 0 Å². The fourth-order valence-corrected chi connectivity index (χ4v) is 2.85. The monoisotopic (exact) mass is 524 g/mol. The lowest BCUT2D eigenvalue weighted by atomic mass is 9.74. The standard InChI is InChI=1S/C15H14F14O4/c1-4-7(2,12(18,19)20)6(30)32-9(14(24,25)26)5-8(3,13(21,22)23)33-11(31,10(9,16)17)15(27,28)29/h31H,4-5H2,1-3H3. The molecule has 0 amide bonds. The van der Waals surface area contributed by atoms with Crippen molar-refractivity contribution in [1.29, 1.82) is 0 Å². The largest absolute Gasteiger partial charge is 0.449 e. The third-order valence-electron chi connectivity index (χ3n) is 5.38. The second kappa shape index (κ2) is 7.45. The first-order chi connectivity index (χ1) is 14.1. The zero-order valence-corrected chi connectivity index (χ0v) is 16.4. The predicted molar refractivity (Wildman–Crippen MR) is 75.4 cm³/mol. The van der Waals surface area contributed by atoms with Gasteiger partial charge in [0.05, 0.1) is 0 Å². The molecular weight excluding hydrogens is 510 g/mol.